The van der Waals surface area contributed by atoms with Gasteiger partial charge in [0.05, 0.1) is 42.4 Å². The van der Waals surface area contributed by atoms with E-state index in [0.29, 0.717) is 16.1 Å². The van der Waals surface area contributed by atoms with Crippen LogP contribution in [0.1, 0.15) is 37.0 Å². The molecule has 1 amide bonds. The minimum absolute atomic E-state index is 0.0144. The number of nitrogens with zero attached hydrogens (tertiary/aromatic N) is 2. The molecule has 1 aromatic heterocycles. The molecule has 1 heterocycles. The Morgan fingerprint density at radius 1 is 1.08 bits per heavy atom. The van der Waals surface area contributed by atoms with E-state index in [9.17, 15) is 14.4 Å². The number of benzene rings is 2. The monoisotopic (exact) mass is 533 g/mol. The lowest BCUT2D eigenvalue weighted by molar-refractivity contribution is -0.146. The molecule has 1 atom stereocenters. The van der Waals surface area contributed by atoms with Crippen LogP contribution >= 0.6 is 11.8 Å². The number of amides is 1. The summed E-state index contributed by atoms with van der Waals surface area (Å²) in [6.07, 6.45) is 1.06. The molecule has 0 spiro atoms. The largest absolute Gasteiger partial charge is 0.493 e. The molecule has 0 saturated carbocycles. The summed E-state index contributed by atoms with van der Waals surface area (Å²) in [5.74, 6) is -5.26. The van der Waals surface area contributed by atoms with Crippen LogP contribution in [-0.4, -0.2) is 54.2 Å². The number of carbonyl (C=O) groups is 3. The van der Waals surface area contributed by atoms with Crippen molar-refractivity contribution in [1.29, 1.82) is 0 Å². The summed E-state index contributed by atoms with van der Waals surface area (Å²) in [7, 11) is 1.09. The summed E-state index contributed by atoms with van der Waals surface area (Å²) in [5.41, 5.74) is 0.478. The van der Waals surface area contributed by atoms with Gasteiger partial charge in [0.1, 0.15) is 22.4 Å². The minimum Gasteiger partial charge on any atom is -0.493 e. The standard InChI is InChI=1S/C25H25F2N3O6S/c1-4-35-20(31)11-10-17(25(33)36-5-2)30-24(32)21-14(26)12-18(22(27)23(21)34-3)37-19-13-28-15-8-6-7-9-16(15)29-19/h6-9,12-13,17H,4-5,10-11H2,1-3H3,(H,30,32). The number of aromatic nitrogens is 2. The molecule has 1 unspecified atom stereocenters. The number of halogens is 2. The van der Waals surface area contributed by atoms with Gasteiger partial charge in [-0.2, -0.15) is 0 Å². The fraction of sp³-hybridized carbons (Fsp3) is 0.320. The van der Waals surface area contributed by atoms with Gasteiger partial charge in [0.25, 0.3) is 5.91 Å². The summed E-state index contributed by atoms with van der Waals surface area (Å²) in [5, 5.41) is 2.61. The lowest BCUT2D eigenvalue weighted by atomic mass is 10.1. The number of esters is 2. The Morgan fingerprint density at radius 2 is 1.78 bits per heavy atom. The zero-order chi connectivity index (χ0) is 26.9. The van der Waals surface area contributed by atoms with Crippen LogP contribution in [0.25, 0.3) is 11.0 Å². The number of para-hydroxylation sites is 2. The third-order valence-corrected chi connectivity index (χ3v) is 5.95. The molecule has 2 aromatic carbocycles. The van der Waals surface area contributed by atoms with Crippen LogP contribution in [-0.2, 0) is 19.1 Å². The zero-order valence-corrected chi connectivity index (χ0v) is 21.2. The van der Waals surface area contributed by atoms with E-state index in [1.807, 2.05) is 0 Å². The van der Waals surface area contributed by atoms with E-state index in [0.717, 1.165) is 24.9 Å². The number of ether oxygens (including phenoxy) is 3. The maximum Gasteiger partial charge on any atom is 0.328 e. The Hall–Kier alpha value is -3.80. The van der Waals surface area contributed by atoms with Gasteiger partial charge < -0.3 is 19.5 Å². The van der Waals surface area contributed by atoms with Crippen LogP contribution in [0.15, 0.2) is 46.5 Å². The van der Waals surface area contributed by atoms with Crippen molar-refractivity contribution in [3.8, 4) is 5.75 Å². The molecule has 0 aliphatic carbocycles. The maximum absolute atomic E-state index is 15.3. The highest BCUT2D eigenvalue weighted by Crippen LogP contribution is 2.37. The Labute approximate surface area is 215 Å². The molecule has 12 heteroatoms. The Balaban J connectivity index is 1.87. The number of methoxy groups -OCH3 is 1. The first kappa shape index (κ1) is 27.8. The van der Waals surface area contributed by atoms with E-state index in [-0.39, 0.29) is 31.0 Å². The Kier molecular flexibility index (Phi) is 9.72. The van der Waals surface area contributed by atoms with E-state index >= 15 is 8.78 Å². The van der Waals surface area contributed by atoms with Gasteiger partial charge in [-0.15, -0.1) is 0 Å². The fourth-order valence-electron chi connectivity index (χ4n) is 3.38. The van der Waals surface area contributed by atoms with E-state index < -0.39 is 46.8 Å². The molecule has 9 nitrogen and oxygen atoms in total. The second-order valence-electron chi connectivity index (χ2n) is 7.50. The number of rotatable bonds is 11. The quantitative estimate of drug-likeness (QED) is 0.364. The van der Waals surface area contributed by atoms with Crippen LogP contribution in [0.2, 0.25) is 0 Å². The summed E-state index contributed by atoms with van der Waals surface area (Å²) >= 11 is 0.809. The topological polar surface area (TPSA) is 117 Å². The van der Waals surface area contributed by atoms with Gasteiger partial charge in [-0.3, -0.25) is 14.6 Å². The molecule has 3 rings (SSSR count). The van der Waals surface area contributed by atoms with Crippen LogP contribution in [0.5, 0.6) is 5.75 Å². The predicted molar refractivity (Wildman–Crippen MR) is 130 cm³/mol. The molecule has 0 aliphatic heterocycles. The van der Waals surface area contributed by atoms with E-state index in [1.165, 1.54) is 6.20 Å². The number of nitrogens with one attached hydrogen (secondary N) is 1. The SMILES string of the molecule is CCOC(=O)CCC(NC(=O)c1c(F)cc(Sc2cnc3ccccc3n2)c(F)c1OC)C(=O)OCC. The van der Waals surface area contributed by atoms with Gasteiger partial charge in [-0.25, -0.2) is 18.6 Å². The second-order valence-corrected chi connectivity index (χ2v) is 8.56. The Morgan fingerprint density at radius 3 is 2.46 bits per heavy atom. The van der Waals surface area contributed by atoms with Crippen molar-refractivity contribution in [1.82, 2.24) is 15.3 Å². The van der Waals surface area contributed by atoms with Crippen LogP contribution < -0.4 is 10.1 Å². The van der Waals surface area contributed by atoms with Crippen LogP contribution in [0.3, 0.4) is 0 Å². The molecule has 0 fully saturated rings. The molecule has 0 aliphatic rings. The molecule has 196 valence electrons. The van der Waals surface area contributed by atoms with Crippen molar-refractivity contribution >= 4 is 40.6 Å². The van der Waals surface area contributed by atoms with E-state index in [4.69, 9.17) is 14.2 Å². The number of carbonyl (C=O) groups excluding carboxylic acids is 3. The third-order valence-electron chi connectivity index (χ3n) is 5.03. The van der Waals surface area contributed by atoms with Crippen molar-refractivity contribution in [2.24, 2.45) is 0 Å². The molecule has 0 saturated heterocycles. The first-order valence-corrected chi connectivity index (χ1v) is 12.2. The lowest BCUT2D eigenvalue weighted by Gasteiger charge is -2.19. The van der Waals surface area contributed by atoms with Gasteiger partial charge in [0, 0.05) is 6.42 Å². The summed E-state index contributed by atoms with van der Waals surface area (Å²) in [6, 6.07) is 6.62. The number of hydrogen-bond acceptors (Lipinski definition) is 9. The Bertz CT molecular complexity index is 1310. The first-order chi connectivity index (χ1) is 17.8. The molecular weight excluding hydrogens is 508 g/mol. The highest BCUT2D eigenvalue weighted by Gasteiger charge is 2.30. The first-order valence-electron chi connectivity index (χ1n) is 11.4. The molecule has 37 heavy (non-hydrogen) atoms. The predicted octanol–water partition coefficient (Wildman–Crippen LogP) is 4.07. The van der Waals surface area contributed by atoms with Gasteiger partial charge in [0.15, 0.2) is 11.6 Å². The zero-order valence-electron chi connectivity index (χ0n) is 20.4. The van der Waals surface area contributed by atoms with Crippen molar-refractivity contribution < 1.29 is 37.4 Å². The lowest BCUT2D eigenvalue weighted by Crippen LogP contribution is -2.42. The van der Waals surface area contributed by atoms with Gasteiger partial charge in [-0.05, 0) is 38.5 Å². The fourth-order valence-corrected chi connectivity index (χ4v) is 4.20. The van der Waals surface area contributed by atoms with Gasteiger partial charge in [0.2, 0.25) is 0 Å². The average molecular weight is 534 g/mol. The van der Waals surface area contributed by atoms with Gasteiger partial charge in [-0.1, -0.05) is 23.9 Å². The normalized spacial score (nSPS) is 11.6. The highest BCUT2D eigenvalue weighted by atomic mass is 32.2. The molecule has 0 radical (unpaired) electrons. The van der Waals surface area contributed by atoms with E-state index in [2.05, 4.69) is 15.3 Å². The summed E-state index contributed by atoms with van der Waals surface area (Å²) in [4.78, 5) is 45.5. The maximum atomic E-state index is 15.3. The molecule has 1 N–H and O–H groups in total. The molecule has 3 aromatic rings. The average Bonchev–Trinajstić information content (AvgIpc) is 2.88. The summed E-state index contributed by atoms with van der Waals surface area (Å²) < 4.78 is 45.3. The number of hydrogen-bond donors (Lipinski definition) is 1. The van der Waals surface area contributed by atoms with Crippen LogP contribution in [0, 0.1) is 11.6 Å². The molecule has 0 bridgehead atoms. The van der Waals surface area contributed by atoms with E-state index in [1.54, 1.807) is 38.1 Å². The molecular formula is C25H25F2N3O6S. The minimum atomic E-state index is -1.30. The van der Waals surface area contributed by atoms with Crippen molar-refractivity contribution in [3.05, 3.63) is 53.7 Å². The van der Waals surface area contributed by atoms with Crippen LogP contribution in [0.4, 0.5) is 8.78 Å². The van der Waals surface area contributed by atoms with Crippen molar-refractivity contribution in [2.75, 3.05) is 20.3 Å². The second kappa shape index (κ2) is 12.9. The smallest absolute Gasteiger partial charge is 0.328 e. The van der Waals surface area contributed by atoms with Gasteiger partial charge >= 0.3 is 11.9 Å². The summed E-state index contributed by atoms with van der Waals surface area (Å²) in [6.45, 7) is 3.35. The van der Waals surface area contributed by atoms with Crippen molar-refractivity contribution in [3.63, 3.8) is 0 Å². The van der Waals surface area contributed by atoms with Crippen molar-refractivity contribution in [2.45, 2.75) is 42.7 Å². The highest BCUT2D eigenvalue weighted by molar-refractivity contribution is 7.99. The third kappa shape index (κ3) is 6.91. The number of fused-ring (bicyclic) bond motifs is 1.